The quantitative estimate of drug-likeness (QED) is 0.285. The number of carbonyl (C=O) groups is 1. The van der Waals surface area contributed by atoms with E-state index in [1.807, 2.05) is 13.0 Å². The number of halogens is 3. The molecular formula is C25H24F3NO2S3. The van der Waals surface area contributed by atoms with E-state index in [0.717, 1.165) is 48.5 Å². The maximum Gasteiger partial charge on any atom is 0.416 e. The number of alkyl halides is 3. The highest BCUT2D eigenvalue weighted by Gasteiger charge is 2.30. The van der Waals surface area contributed by atoms with Crippen LogP contribution < -0.4 is 0 Å². The minimum atomic E-state index is -4.36. The summed E-state index contributed by atoms with van der Waals surface area (Å²) in [7, 11) is 0. The molecule has 0 aliphatic carbocycles. The number of hydrogen-bond acceptors (Lipinski definition) is 5. The fraction of sp³-hybridized carbons (Fsp3) is 0.280. The summed E-state index contributed by atoms with van der Waals surface area (Å²) in [6.45, 7) is 10.0. The van der Waals surface area contributed by atoms with E-state index in [4.69, 9.17) is 5.11 Å². The van der Waals surface area contributed by atoms with E-state index < -0.39 is 17.7 Å². The molecule has 3 rings (SSSR count). The van der Waals surface area contributed by atoms with Crippen molar-refractivity contribution in [1.29, 1.82) is 0 Å². The summed E-state index contributed by atoms with van der Waals surface area (Å²) in [6, 6.07) is 9.18. The molecule has 0 saturated carbocycles. The van der Waals surface area contributed by atoms with Crippen LogP contribution in [0.4, 0.5) is 13.2 Å². The van der Waals surface area contributed by atoms with E-state index in [-0.39, 0.29) is 6.42 Å². The highest BCUT2D eigenvalue weighted by atomic mass is 32.2. The third-order valence-corrected chi connectivity index (χ3v) is 9.02. The van der Waals surface area contributed by atoms with E-state index >= 15 is 0 Å². The van der Waals surface area contributed by atoms with Crippen molar-refractivity contribution in [3.63, 3.8) is 0 Å². The minimum Gasteiger partial charge on any atom is -0.481 e. The number of aliphatic carboxylic acids is 1. The lowest BCUT2D eigenvalue weighted by atomic mass is 10.1. The molecule has 180 valence electrons. The van der Waals surface area contributed by atoms with E-state index in [0.29, 0.717) is 22.7 Å². The molecule has 0 spiro atoms. The van der Waals surface area contributed by atoms with Crippen LogP contribution in [-0.2, 0) is 16.7 Å². The number of nitrogens with zero attached hydrogens (tertiary/aromatic N) is 1. The summed E-state index contributed by atoms with van der Waals surface area (Å²) in [5.74, 6) is -0.144. The molecule has 1 N–H and O–H groups in total. The van der Waals surface area contributed by atoms with Crippen LogP contribution in [0.15, 0.2) is 57.7 Å². The molecule has 1 aromatic heterocycles. The Morgan fingerprint density at radius 3 is 2.38 bits per heavy atom. The molecule has 0 aliphatic rings. The van der Waals surface area contributed by atoms with Gasteiger partial charge in [-0.05, 0) is 61.4 Å². The molecule has 0 atom stereocenters. The summed E-state index contributed by atoms with van der Waals surface area (Å²) >= 11 is 4.70. The Morgan fingerprint density at radius 1 is 1.09 bits per heavy atom. The molecule has 3 aromatic rings. The number of rotatable bonds is 9. The second-order valence-electron chi connectivity index (χ2n) is 7.76. The monoisotopic (exact) mass is 523 g/mol. The Balaban J connectivity index is 1.74. The molecule has 0 unspecified atom stereocenters. The highest BCUT2D eigenvalue weighted by Crippen LogP contribution is 2.40. The average molecular weight is 524 g/mol. The van der Waals surface area contributed by atoms with Crippen LogP contribution in [0.3, 0.4) is 0 Å². The number of aryl methyl sites for hydroxylation is 2. The lowest BCUT2D eigenvalue weighted by Gasteiger charge is -2.14. The normalized spacial score (nSPS) is 11.6. The van der Waals surface area contributed by atoms with Gasteiger partial charge >= 0.3 is 12.1 Å². The van der Waals surface area contributed by atoms with Crippen LogP contribution in [0, 0.1) is 20.8 Å². The number of hydrogen-bond donors (Lipinski definition) is 1. The van der Waals surface area contributed by atoms with E-state index in [2.05, 4.69) is 31.5 Å². The number of carboxylic acid groups (broad SMARTS) is 1. The summed E-state index contributed by atoms with van der Waals surface area (Å²) < 4.78 is 38.5. The van der Waals surface area contributed by atoms with E-state index in [1.165, 1.54) is 35.2 Å². The predicted octanol–water partition coefficient (Wildman–Crippen LogP) is 8.52. The lowest BCUT2D eigenvalue weighted by Crippen LogP contribution is -2.03. The first kappa shape index (κ1) is 26.4. The number of benzene rings is 2. The topological polar surface area (TPSA) is 50.2 Å². The van der Waals surface area contributed by atoms with Crippen molar-refractivity contribution in [2.75, 3.05) is 0 Å². The van der Waals surface area contributed by atoms with Crippen LogP contribution in [0.2, 0.25) is 0 Å². The van der Waals surface area contributed by atoms with Crippen LogP contribution in [-0.4, -0.2) is 16.1 Å². The Labute approximate surface area is 209 Å². The van der Waals surface area contributed by atoms with Gasteiger partial charge in [0.1, 0.15) is 5.01 Å². The molecule has 0 bridgehead atoms. The average Bonchev–Trinajstić information content (AvgIpc) is 3.14. The minimum absolute atomic E-state index is 0.0598. The van der Waals surface area contributed by atoms with Gasteiger partial charge in [0.25, 0.3) is 0 Å². The molecule has 1 heterocycles. The van der Waals surface area contributed by atoms with Crippen molar-refractivity contribution in [1.82, 2.24) is 4.98 Å². The maximum atomic E-state index is 12.8. The van der Waals surface area contributed by atoms with Crippen molar-refractivity contribution in [2.45, 2.75) is 55.3 Å². The van der Waals surface area contributed by atoms with Gasteiger partial charge in [0, 0.05) is 32.4 Å². The molecule has 2 aromatic carbocycles. The Bertz CT molecular complexity index is 1200. The first-order chi connectivity index (χ1) is 16.0. The van der Waals surface area contributed by atoms with Gasteiger partial charge in [-0.1, -0.05) is 36.5 Å². The van der Waals surface area contributed by atoms with Crippen LogP contribution in [0.1, 0.15) is 40.1 Å². The smallest absolute Gasteiger partial charge is 0.416 e. The number of allylic oxidation sites excluding steroid dienone is 1. The van der Waals surface area contributed by atoms with Crippen LogP contribution in [0.5, 0.6) is 0 Å². The Morgan fingerprint density at radius 2 is 1.76 bits per heavy atom. The van der Waals surface area contributed by atoms with Crippen molar-refractivity contribution < 1.29 is 23.1 Å². The second-order valence-corrected chi connectivity index (χ2v) is 11.1. The third-order valence-electron chi connectivity index (χ3n) is 5.12. The summed E-state index contributed by atoms with van der Waals surface area (Å²) in [5.41, 5.74) is 3.14. The molecule has 0 radical (unpaired) electrons. The zero-order chi connectivity index (χ0) is 25.0. The molecule has 0 amide bonds. The first-order valence-corrected chi connectivity index (χ1v) is 13.0. The van der Waals surface area contributed by atoms with Gasteiger partial charge in [-0.25, -0.2) is 4.98 Å². The number of aromatic nitrogens is 1. The molecule has 0 saturated heterocycles. The first-order valence-electron chi connectivity index (χ1n) is 10.4. The lowest BCUT2D eigenvalue weighted by molar-refractivity contribution is -0.138. The fourth-order valence-corrected chi connectivity index (χ4v) is 6.57. The van der Waals surface area contributed by atoms with Gasteiger partial charge in [-0.15, -0.1) is 23.1 Å². The Kier molecular flexibility index (Phi) is 8.54. The van der Waals surface area contributed by atoms with Gasteiger partial charge in [0.2, 0.25) is 0 Å². The predicted molar refractivity (Wildman–Crippen MR) is 135 cm³/mol. The molecule has 0 fully saturated rings. The zero-order valence-electron chi connectivity index (χ0n) is 19.0. The molecular weight excluding hydrogens is 499 g/mol. The van der Waals surface area contributed by atoms with Crippen molar-refractivity contribution >= 4 is 40.8 Å². The molecule has 0 aliphatic heterocycles. The van der Waals surface area contributed by atoms with Crippen molar-refractivity contribution in [2.24, 2.45) is 0 Å². The van der Waals surface area contributed by atoms with Crippen LogP contribution in [0.25, 0.3) is 10.6 Å². The van der Waals surface area contributed by atoms with Gasteiger partial charge in [-0.2, -0.15) is 13.2 Å². The highest BCUT2D eigenvalue weighted by molar-refractivity contribution is 8.03. The van der Waals surface area contributed by atoms with Gasteiger partial charge in [-0.3, -0.25) is 4.79 Å². The standard InChI is InChI=1S/C25H24F3NO2S3/c1-14-5-11-20(33-15(2)6-12-22(30)31)16(3)23(14)32-13-21-17(4)29-24(34-21)18-7-9-19(10-8-18)25(26,27)28/h5,7-11H,2,6,12-13H2,1,3-4H3,(H,30,31). The third kappa shape index (κ3) is 6.67. The fourth-order valence-electron chi connectivity index (χ4n) is 3.22. The van der Waals surface area contributed by atoms with Gasteiger partial charge in [0.15, 0.2) is 0 Å². The molecule has 34 heavy (non-hydrogen) atoms. The Hall–Kier alpha value is -2.23. The van der Waals surface area contributed by atoms with E-state index in [9.17, 15) is 18.0 Å². The van der Waals surface area contributed by atoms with Crippen LogP contribution >= 0.6 is 34.9 Å². The SMILES string of the molecule is C=C(CCC(=O)O)Sc1ccc(C)c(SCc2sc(-c3ccc(C(F)(F)F)cc3)nc2C)c1C. The van der Waals surface area contributed by atoms with Crippen molar-refractivity contribution in [3.05, 3.63) is 75.1 Å². The van der Waals surface area contributed by atoms with E-state index in [1.54, 1.807) is 11.8 Å². The maximum absolute atomic E-state index is 12.8. The summed E-state index contributed by atoms with van der Waals surface area (Å²) in [5, 5.41) is 9.58. The summed E-state index contributed by atoms with van der Waals surface area (Å²) in [4.78, 5) is 19.5. The molecule has 3 nitrogen and oxygen atoms in total. The van der Waals surface area contributed by atoms with Crippen molar-refractivity contribution in [3.8, 4) is 10.6 Å². The van der Waals surface area contributed by atoms with Gasteiger partial charge < -0.3 is 5.11 Å². The second kappa shape index (κ2) is 11.0. The number of carboxylic acids is 1. The zero-order valence-corrected chi connectivity index (χ0v) is 21.4. The van der Waals surface area contributed by atoms with Gasteiger partial charge in [0.05, 0.1) is 11.3 Å². The molecule has 9 heteroatoms. The number of thiazole rings is 1. The largest absolute Gasteiger partial charge is 0.481 e. The number of thioether (sulfide) groups is 2. The summed E-state index contributed by atoms with van der Waals surface area (Å²) in [6.07, 6.45) is -3.88.